The number of ether oxygens (including phenoxy) is 1. The Morgan fingerprint density at radius 1 is 1.23 bits per heavy atom. The highest BCUT2D eigenvalue weighted by molar-refractivity contribution is 6.02. The van der Waals surface area contributed by atoms with E-state index in [-0.39, 0.29) is 29.5 Å². The normalized spacial score (nSPS) is 24.2. The number of hydrogen-bond acceptors (Lipinski definition) is 6. The minimum Gasteiger partial charge on any atom is -0.379 e. The summed E-state index contributed by atoms with van der Waals surface area (Å²) < 4.78 is 7.01. The summed E-state index contributed by atoms with van der Waals surface area (Å²) in [7, 11) is 0. The van der Waals surface area contributed by atoms with Crippen molar-refractivity contribution in [3.8, 4) is 11.1 Å². The van der Waals surface area contributed by atoms with Gasteiger partial charge in [-0.2, -0.15) is 5.10 Å². The second kappa shape index (κ2) is 8.35. The van der Waals surface area contributed by atoms with Crippen LogP contribution in [-0.4, -0.2) is 52.8 Å². The minimum absolute atomic E-state index is 0.0548. The van der Waals surface area contributed by atoms with E-state index in [0.29, 0.717) is 24.4 Å². The average Bonchev–Trinajstić information content (AvgIpc) is 3.34. The molecule has 1 aliphatic carbocycles. The monoisotopic (exact) mass is 476 g/mol. The molecular weight excluding hydrogens is 444 g/mol. The van der Waals surface area contributed by atoms with E-state index < -0.39 is 5.91 Å². The van der Waals surface area contributed by atoms with Crippen molar-refractivity contribution in [2.75, 3.05) is 30.0 Å². The summed E-state index contributed by atoms with van der Waals surface area (Å²) in [6, 6.07) is 9.89. The molecule has 0 bridgehead atoms. The van der Waals surface area contributed by atoms with Crippen LogP contribution in [0.4, 0.5) is 11.4 Å². The number of benzene rings is 1. The predicted octanol–water partition coefficient (Wildman–Crippen LogP) is 2.78. The van der Waals surface area contributed by atoms with E-state index in [2.05, 4.69) is 31.2 Å². The van der Waals surface area contributed by atoms with Gasteiger partial charge in [-0.1, -0.05) is 26.0 Å². The van der Waals surface area contributed by atoms with E-state index >= 15 is 0 Å². The molecular formula is C26H32N6O3. The number of hydrogen-bond donors (Lipinski definition) is 3. The van der Waals surface area contributed by atoms with Crippen LogP contribution in [0.15, 0.2) is 42.7 Å². The Kier molecular flexibility index (Phi) is 5.56. The first kappa shape index (κ1) is 23.3. The Balaban J connectivity index is 1.55. The second-order valence-corrected chi connectivity index (χ2v) is 10.4. The van der Waals surface area contributed by atoms with Crippen molar-refractivity contribution in [1.82, 2.24) is 9.61 Å². The molecule has 0 unspecified atom stereocenters. The fraction of sp³-hybridized carbons (Fsp3) is 0.423. The number of anilines is 2. The van der Waals surface area contributed by atoms with E-state index in [0.717, 1.165) is 35.2 Å². The maximum atomic E-state index is 12.3. The quantitative estimate of drug-likeness (QED) is 0.520. The zero-order valence-electron chi connectivity index (χ0n) is 20.4. The number of carbonyl (C=O) groups excluding carboxylic acids is 2. The molecule has 1 saturated carbocycles. The summed E-state index contributed by atoms with van der Waals surface area (Å²) in [5.41, 5.74) is 16.2. The average molecular weight is 477 g/mol. The number of morpholine rings is 1. The van der Waals surface area contributed by atoms with Crippen LogP contribution < -0.4 is 21.7 Å². The fourth-order valence-electron chi connectivity index (χ4n) is 5.15. The third-order valence-electron chi connectivity index (χ3n) is 7.99. The molecule has 1 aliphatic heterocycles. The van der Waals surface area contributed by atoms with Gasteiger partial charge in [0.25, 0.3) is 11.8 Å². The van der Waals surface area contributed by atoms with Crippen LogP contribution in [0.25, 0.3) is 16.6 Å². The zero-order valence-corrected chi connectivity index (χ0v) is 20.4. The van der Waals surface area contributed by atoms with Crippen LogP contribution in [0, 0.1) is 5.41 Å². The summed E-state index contributed by atoms with van der Waals surface area (Å²) in [6.45, 7) is 7.51. The van der Waals surface area contributed by atoms with Gasteiger partial charge in [0.1, 0.15) is 6.61 Å². The van der Waals surface area contributed by atoms with Crippen LogP contribution in [0.3, 0.4) is 0 Å². The molecule has 2 fully saturated rings. The van der Waals surface area contributed by atoms with E-state index in [1.54, 1.807) is 9.42 Å². The van der Waals surface area contributed by atoms with Crippen molar-refractivity contribution in [3.63, 3.8) is 0 Å². The van der Waals surface area contributed by atoms with Crippen molar-refractivity contribution < 1.29 is 14.3 Å². The van der Waals surface area contributed by atoms with Crippen molar-refractivity contribution in [2.45, 2.75) is 45.2 Å². The zero-order chi connectivity index (χ0) is 25.0. The molecule has 5 rings (SSSR count). The van der Waals surface area contributed by atoms with Gasteiger partial charge in [-0.25, -0.2) is 4.52 Å². The Bertz CT molecular complexity index is 1310. The molecule has 2 aromatic heterocycles. The molecule has 184 valence electrons. The lowest BCUT2D eigenvalue weighted by Crippen LogP contribution is -2.51. The number of nitrogens with zero attached hydrogens (tertiary/aromatic N) is 3. The lowest BCUT2D eigenvalue weighted by atomic mass is 9.75. The SMILES string of the molecule is CC1(C)[C@H](Nc2c(C(N)=O)cnn3cc(-c4cccc(N5CCOCC5=O)c4)cc23)CC[C@]1(C)N. The van der Waals surface area contributed by atoms with Crippen molar-refractivity contribution >= 4 is 28.7 Å². The Hall–Kier alpha value is -3.43. The van der Waals surface area contributed by atoms with Crippen molar-refractivity contribution in [2.24, 2.45) is 16.9 Å². The number of nitrogens with one attached hydrogen (secondary N) is 1. The Morgan fingerprint density at radius 2 is 2.03 bits per heavy atom. The van der Waals surface area contributed by atoms with Gasteiger partial charge in [-0.3, -0.25) is 9.59 Å². The van der Waals surface area contributed by atoms with Crippen molar-refractivity contribution in [1.29, 1.82) is 0 Å². The van der Waals surface area contributed by atoms with Gasteiger partial charge >= 0.3 is 0 Å². The standard InChI is InChI=1S/C26H32N6O3/c1-25(2)21(7-8-26(25,3)28)30-23-19(24(27)34)13-29-32-14-17(12-20(23)32)16-5-4-6-18(11-16)31-9-10-35-15-22(31)33/h4-6,11-14,21,30H,7-10,15,28H2,1-3H3,(H2,27,34)/t21-,26+/m1/s1. The molecule has 9 heteroatoms. The Morgan fingerprint density at radius 3 is 2.71 bits per heavy atom. The number of rotatable bonds is 5. The van der Waals surface area contributed by atoms with E-state index in [1.807, 2.05) is 36.5 Å². The van der Waals surface area contributed by atoms with Crippen LogP contribution >= 0.6 is 0 Å². The maximum Gasteiger partial charge on any atom is 0.253 e. The topological polar surface area (TPSA) is 128 Å². The first-order chi connectivity index (χ1) is 16.6. The highest BCUT2D eigenvalue weighted by Gasteiger charge is 2.49. The van der Waals surface area contributed by atoms with Gasteiger partial charge in [0, 0.05) is 41.0 Å². The smallest absolute Gasteiger partial charge is 0.253 e. The summed E-state index contributed by atoms with van der Waals surface area (Å²) in [4.78, 5) is 26.4. The van der Waals surface area contributed by atoms with Crippen LogP contribution in [0.5, 0.6) is 0 Å². The molecule has 3 aromatic rings. The molecule has 2 atom stereocenters. The number of fused-ring (bicyclic) bond motifs is 1. The molecule has 5 N–H and O–H groups in total. The fourth-order valence-corrected chi connectivity index (χ4v) is 5.15. The second-order valence-electron chi connectivity index (χ2n) is 10.4. The van der Waals surface area contributed by atoms with Gasteiger partial charge in [0.2, 0.25) is 0 Å². The number of aromatic nitrogens is 2. The first-order valence-corrected chi connectivity index (χ1v) is 11.9. The molecule has 0 spiro atoms. The van der Waals surface area contributed by atoms with Gasteiger partial charge in [0.05, 0.1) is 29.6 Å². The van der Waals surface area contributed by atoms with Crippen LogP contribution in [0.2, 0.25) is 0 Å². The van der Waals surface area contributed by atoms with E-state index in [1.165, 1.54) is 6.20 Å². The highest BCUT2D eigenvalue weighted by Crippen LogP contribution is 2.46. The third kappa shape index (κ3) is 3.94. The van der Waals surface area contributed by atoms with E-state index in [4.69, 9.17) is 16.2 Å². The molecule has 9 nitrogen and oxygen atoms in total. The molecule has 0 radical (unpaired) electrons. The largest absolute Gasteiger partial charge is 0.379 e. The summed E-state index contributed by atoms with van der Waals surface area (Å²) in [6.07, 6.45) is 5.19. The molecule has 3 heterocycles. The lowest BCUT2D eigenvalue weighted by Gasteiger charge is -2.39. The predicted molar refractivity (Wildman–Crippen MR) is 135 cm³/mol. The van der Waals surface area contributed by atoms with Gasteiger partial charge in [-0.15, -0.1) is 0 Å². The first-order valence-electron chi connectivity index (χ1n) is 11.9. The number of carbonyl (C=O) groups is 2. The van der Waals surface area contributed by atoms with Gasteiger partial charge < -0.3 is 26.4 Å². The summed E-state index contributed by atoms with van der Waals surface area (Å²) in [5, 5.41) is 8.05. The summed E-state index contributed by atoms with van der Waals surface area (Å²) in [5.74, 6) is -0.592. The lowest BCUT2D eigenvalue weighted by molar-refractivity contribution is -0.125. The molecule has 2 aliphatic rings. The van der Waals surface area contributed by atoms with Crippen LogP contribution in [-0.2, 0) is 9.53 Å². The Labute approximate surface area is 204 Å². The van der Waals surface area contributed by atoms with Gasteiger partial charge in [-0.05, 0) is 43.5 Å². The minimum atomic E-state index is -0.538. The number of primary amides is 1. The van der Waals surface area contributed by atoms with Crippen LogP contribution in [0.1, 0.15) is 44.0 Å². The highest BCUT2D eigenvalue weighted by atomic mass is 16.5. The molecule has 1 saturated heterocycles. The third-order valence-corrected chi connectivity index (χ3v) is 7.99. The summed E-state index contributed by atoms with van der Waals surface area (Å²) >= 11 is 0. The van der Waals surface area contributed by atoms with E-state index in [9.17, 15) is 9.59 Å². The van der Waals surface area contributed by atoms with Crippen molar-refractivity contribution in [3.05, 3.63) is 48.3 Å². The number of nitrogens with two attached hydrogens (primary N) is 2. The molecule has 35 heavy (non-hydrogen) atoms. The van der Waals surface area contributed by atoms with Gasteiger partial charge in [0.15, 0.2) is 0 Å². The number of amides is 2. The molecule has 2 amide bonds. The maximum absolute atomic E-state index is 12.3. The molecule has 1 aromatic carbocycles.